The van der Waals surface area contributed by atoms with E-state index >= 15 is 0 Å². The van der Waals surface area contributed by atoms with Gasteiger partial charge in [0.05, 0.1) is 30.4 Å². The highest BCUT2D eigenvalue weighted by Crippen LogP contribution is 2.35. The van der Waals surface area contributed by atoms with Gasteiger partial charge < -0.3 is 15.2 Å². The van der Waals surface area contributed by atoms with Crippen molar-refractivity contribution >= 4 is 17.6 Å². The molecule has 5 nitrogen and oxygen atoms in total. The van der Waals surface area contributed by atoms with Crippen LogP contribution in [0.25, 0.3) is 11.1 Å². The molecule has 0 radical (unpaired) electrons. The fraction of sp³-hybridized carbons (Fsp3) is 0.200. The molecule has 0 aliphatic heterocycles. The minimum absolute atomic E-state index is 0.198. The second-order valence-electron chi connectivity index (χ2n) is 7.49. The van der Waals surface area contributed by atoms with Crippen molar-refractivity contribution in [2.24, 2.45) is 0 Å². The predicted molar refractivity (Wildman–Crippen MR) is 118 cm³/mol. The van der Waals surface area contributed by atoms with Gasteiger partial charge in [-0.05, 0) is 65.9 Å². The van der Waals surface area contributed by atoms with E-state index in [0.717, 1.165) is 6.07 Å². The van der Waals surface area contributed by atoms with E-state index in [1.807, 2.05) is 0 Å². The summed E-state index contributed by atoms with van der Waals surface area (Å²) in [5.41, 5.74) is 1.30. The number of hydrogen-bond donors (Lipinski definition) is 2. The van der Waals surface area contributed by atoms with E-state index in [-0.39, 0.29) is 17.9 Å². The highest BCUT2D eigenvalue weighted by Gasteiger charge is 2.35. The highest BCUT2D eigenvalue weighted by atomic mass is 19.4. The molecule has 0 fully saturated rings. The number of alkyl halides is 3. The van der Waals surface area contributed by atoms with Gasteiger partial charge in [-0.2, -0.15) is 13.2 Å². The molecule has 3 rings (SSSR count). The lowest BCUT2D eigenvalue weighted by atomic mass is 9.96. The number of anilines is 1. The van der Waals surface area contributed by atoms with Crippen LogP contribution in [0.5, 0.6) is 0 Å². The number of aliphatic hydroxyl groups is 1. The van der Waals surface area contributed by atoms with E-state index < -0.39 is 29.2 Å². The van der Waals surface area contributed by atoms with Crippen molar-refractivity contribution in [1.29, 1.82) is 0 Å². The molecule has 33 heavy (non-hydrogen) atoms. The molecule has 8 heteroatoms. The van der Waals surface area contributed by atoms with Crippen LogP contribution in [0.3, 0.4) is 0 Å². The van der Waals surface area contributed by atoms with E-state index in [1.165, 1.54) is 25.3 Å². The summed E-state index contributed by atoms with van der Waals surface area (Å²) in [6.45, 7) is 3.03. The quantitative estimate of drug-likeness (QED) is 0.495. The van der Waals surface area contributed by atoms with Crippen molar-refractivity contribution in [2.45, 2.75) is 26.6 Å². The molecule has 0 bridgehead atoms. The van der Waals surface area contributed by atoms with Gasteiger partial charge in [0.2, 0.25) is 0 Å². The van der Waals surface area contributed by atoms with Crippen LogP contribution in [0.4, 0.5) is 18.9 Å². The molecule has 0 spiro atoms. The minimum Gasteiger partial charge on any atom is -0.465 e. The fourth-order valence-corrected chi connectivity index (χ4v) is 3.56. The SMILES string of the molecule is COC(=O)c1ccc(C)c(NC(=O)c2cc(-c3cccc(CO)c3)ccc2C(F)(F)F)c1C. The van der Waals surface area contributed by atoms with Crippen LogP contribution in [0.15, 0.2) is 54.6 Å². The zero-order valence-corrected chi connectivity index (χ0v) is 18.2. The molecule has 0 atom stereocenters. The molecule has 1 amide bonds. The monoisotopic (exact) mass is 457 g/mol. The summed E-state index contributed by atoms with van der Waals surface area (Å²) in [5.74, 6) is -1.58. The molecule has 0 saturated carbocycles. The standard InChI is InChI=1S/C25H22F3NO4/c1-14-7-9-19(24(32)33-3)15(2)22(14)29-23(31)20-12-18(8-10-21(20)25(26,27)28)17-6-4-5-16(11-17)13-30/h4-12,30H,13H2,1-3H3,(H,29,31). The third-order valence-electron chi connectivity index (χ3n) is 5.33. The van der Waals surface area contributed by atoms with Gasteiger partial charge in [0, 0.05) is 5.69 Å². The summed E-state index contributed by atoms with van der Waals surface area (Å²) >= 11 is 0. The van der Waals surface area contributed by atoms with Crippen LogP contribution in [-0.2, 0) is 17.5 Å². The number of aliphatic hydroxyl groups excluding tert-OH is 1. The Bertz CT molecular complexity index is 1220. The maximum Gasteiger partial charge on any atom is 0.417 e. The molecular weight excluding hydrogens is 435 g/mol. The van der Waals surface area contributed by atoms with Crippen LogP contribution >= 0.6 is 0 Å². The lowest BCUT2D eigenvalue weighted by molar-refractivity contribution is -0.137. The minimum atomic E-state index is -4.75. The van der Waals surface area contributed by atoms with Crippen LogP contribution in [-0.4, -0.2) is 24.1 Å². The van der Waals surface area contributed by atoms with Gasteiger partial charge in [-0.1, -0.05) is 30.3 Å². The van der Waals surface area contributed by atoms with Gasteiger partial charge in [-0.3, -0.25) is 4.79 Å². The Balaban J connectivity index is 2.09. The number of esters is 1. The molecule has 0 heterocycles. The fourth-order valence-electron chi connectivity index (χ4n) is 3.56. The summed E-state index contributed by atoms with van der Waals surface area (Å²) in [5, 5.41) is 11.9. The Morgan fingerprint density at radius 3 is 2.30 bits per heavy atom. The zero-order valence-electron chi connectivity index (χ0n) is 18.2. The molecule has 3 aromatic carbocycles. The first kappa shape index (κ1) is 24.0. The zero-order chi connectivity index (χ0) is 24.3. The summed E-state index contributed by atoms with van der Waals surface area (Å²) in [7, 11) is 1.22. The Hall–Kier alpha value is -3.65. The maximum atomic E-state index is 13.7. The summed E-state index contributed by atoms with van der Waals surface area (Å²) in [4.78, 5) is 25.1. The summed E-state index contributed by atoms with van der Waals surface area (Å²) < 4.78 is 45.8. The van der Waals surface area contributed by atoms with E-state index in [2.05, 4.69) is 5.32 Å². The third-order valence-corrected chi connectivity index (χ3v) is 5.33. The van der Waals surface area contributed by atoms with Crippen molar-refractivity contribution in [3.8, 4) is 11.1 Å². The number of rotatable bonds is 5. The Kier molecular flexibility index (Phi) is 6.88. The number of amides is 1. The van der Waals surface area contributed by atoms with E-state index in [9.17, 15) is 27.9 Å². The van der Waals surface area contributed by atoms with Crippen LogP contribution in [0.2, 0.25) is 0 Å². The highest BCUT2D eigenvalue weighted by molar-refractivity contribution is 6.07. The lowest BCUT2D eigenvalue weighted by Crippen LogP contribution is -2.20. The number of carbonyl (C=O) groups is 2. The summed E-state index contributed by atoms with van der Waals surface area (Å²) in [6, 6.07) is 13.1. The number of hydrogen-bond acceptors (Lipinski definition) is 4. The molecule has 0 unspecified atom stereocenters. The second kappa shape index (κ2) is 9.46. The van der Waals surface area contributed by atoms with Gasteiger partial charge in [-0.15, -0.1) is 0 Å². The Labute approximate surface area is 188 Å². The van der Waals surface area contributed by atoms with Crippen molar-refractivity contribution in [3.05, 3.63) is 88.0 Å². The normalized spacial score (nSPS) is 11.2. The number of methoxy groups -OCH3 is 1. The van der Waals surface area contributed by atoms with Gasteiger partial charge in [0.15, 0.2) is 0 Å². The number of nitrogens with one attached hydrogen (secondary N) is 1. The molecule has 0 aliphatic carbocycles. The van der Waals surface area contributed by atoms with Crippen LogP contribution < -0.4 is 5.32 Å². The molecule has 172 valence electrons. The average molecular weight is 457 g/mol. The first-order chi connectivity index (χ1) is 15.6. The molecule has 3 aromatic rings. The molecule has 2 N–H and O–H groups in total. The predicted octanol–water partition coefficient (Wildman–Crippen LogP) is 5.52. The van der Waals surface area contributed by atoms with Crippen molar-refractivity contribution in [2.75, 3.05) is 12.4 Å². The first-order valence-electron chi connectivity index (χ1n) is 9.98. The number of halogens is 3. The van der Waals surface area contributed by atoms with E-state index in [0.29, 0.717) is 27.8 Å². The van der Waals surface area contributed by atoms with E-state index in [4.69, 9.17) is 4.74 Å². The molecule has 0 aromatic heterocycles. The first-order valence-corrected chi connectivity index (χ1v) is 9.98. The average Bonchev–Trinajstić information content (AvgIpc) is 2.80. The van der Waals surface area contributed by atoms with Gasteiger partial charge in [0.25, 0.3) is 5.91 Å². The van der Waals surface area contributed by atoms with Gasteiger partial charge >= 0.3 is 12.1 Å². The Morgan fingerprint density at radius 1 is 0.970 bits per heavy atom. The van der Waals surface area contributed by atoms with Crippen molar-refractivity contribution in [1.82, 2.24) is 0 Å². The number of benzene rings is 3. The number of carbonyl (C=O) groups excluding carboxylic acids is 2. The Morgan fingerprint density at radius 2 is 1.67 bits per heavy atom. The van der Waals surface area contributed by atoms with Crippen LogP contribution in [0.1, 0.15) is 43.0 Å². The van der Waals surface area contributed by atoms with Gasteiger partial charge in [-0.25, -0.2) is 4.79 Å². The number of ether oxygens (including phenoxy) is 1. The smallest absolute Gasteiger partial charge is 0.417 e. The largest absolute Gasteiger partial charge is 0.465 e. The summed E-state index contributed by atoms with van der Waals surface area (Å²) in [6.07, 6.45) is -4.75. The van der Waals surface area contributed by atoms with Crippen molar-refractivity contribution in [3.63, 3.8) is 0 Å². The van der Waals surface area contributed by atoms with Gasteiger partial charge in [0.1, 0.15) is 0 Å². The third kappa shape index (κ3) is 5.06. The van der Waals surface area contributed by atoms with Crippen LogP contribution in [0, 0.1) is 13.8 Å². The van der Waals surface area contributed by atoms with E-state index in [1.54, 1.807) is 44.2 Å². The van der Waals surface area contributed by atoms with Crippen molar-refractivity contribution < 1.29 is 32.6 Å². The molecule has 0 aliphatic rings. The lowest BCUT2D eigenvalue weighted by Gasteiger charge is -2.18. The topological polar surface area (TPSA) is 75.6 Å². The second-order valence-corrected chi connectivity index (χ2v) is 7.49. The number of aryl methyl sites for hydroxylation is 1. The maximum absolute atomic E-state index is 13.7. The molecular formula is C25H22F3NO4. The molecule has 0 saturated heterocycles.